The van der Waals surface area contributed by atoms with E-state index in [1.165, 1.54) is 12.8 Å². The predicted molar refractivity (Wildman–Crippen MR) is 90.0 cm³/mol. The minimum absolute atomic E-state index is 0.0451. The van der Waals surface area contributed by atoms with Crippen molar-refractivity contribution in [2.45, 2.75) is 38.6 Å². The van der Waals surface area contributed by atoms with Crippen molar-refractivity contribution in [1.82, 2.24) is 9.78 Å². The fourth-order valence-electron chi connectivity index (χ4n) is 2.90. The van der Waals surface area contributed by atoms with Crippen LogP contribution in [-0.2, 0) is 4.79 Å². The largest absolute Gasteiger partial charge is 0.484 e. The molecule has 1 aliphatic carbocycles. The van der Waals surface area contributed by atoms with Crippen molar-refractivity contribution in [1.29, 1.82) is 0 Å². The highest BCUT2D eigenvalue weighted by molar-refractivity contribution is 6.30. The summed E-state index contributed by atoms with van der Waals surface area (Å²) in [5.41, 5.74) is 0.908. The average molecular weight is 334 g/mol. The molecule has 1 aliphatic rings. The number of aryl methyl sites for hydroxylation is 1. The number of aromatic nitrogens is 2. The van der Waals surface area contributed by atoms with Gasteiger partial charge in [0.15, 0.2) is 6.61 Å². The summed E-state index contributed by atoms with van der Waals surface area (Å²) in [4.78, 5) is 12.1. The molecule has 0 bridgehead atoms. The Hall–Kier alpha value is -2.01. The number of rotatable bonds is 5. The van der Waals surface area contributed by atoms with Crippen LogP contribution in [-0.4, -0.2) is 22.3 Å². The van der Waals surface area contributed by atoms with Crippen LogP contribution in [0.4, 0.5) is 5.82 Å². The van der Waals surface area contributed by atoms with E-state index in [0.717, 1.165) is 24.4 Å². The summed E-state index contributed by atoms with van der Waals surface area (Å²) in [5.74, 6) is 1.17. The van der Waals surface area contributed by atoms with Gasteiger partial charge >= 0.3 is 0 Å². The summed E-state index contributed by atoms with van der Waals surface area (Å²) in [6, 6.07) is 9.22. The maximum absolute atomic E-state index is 12.1. The summed E-state index contributed by atoms with van der Waals surface area (Å²) < 4.78 is 7.41. The van der Waals surface area contributed by atoms with Crippen molar-refractivity contribution in [3.8, 4) is 5.75 Å². The zero-order chi connectivity index (χ0) is 16.2. The van der Waals surface area contributed by atoms with Gasteiger partial charge in [0.1, 0.15) is 11.6 Å². The van der Waals surface area contributed by atoms with Crippen molar-refractivity contribution in [3.63, 3.8) is 0 Å². The molecule has 0 aliphatic heterocycles. The summed E-state index contributed by atoms with van der Waals surface area (Å²) in [7, 11) is 0. The Balaban J connectivity index is 1.60. The van der Waals surface area contributed by atoms with Crippen LogP contribution in [0.25, 0.3) is 0 Å². The predicted octanol–water partition coefficient (Wildman–Crippen LogP) is 3.98. The first-order chi connectivity index (χ1) is 11.1. The van der Waals surface area contributed by atoms with E-state index in [4.69, 9.17) is 16.3 Å². The smallest absolute Gasteiger partial charge is 0.263 e. The lowest BCUT2D eigenvalue weighted by atomic mass is 10.2. The highest BCUT2D eigenvalue weighted by atomic mass is 35.5. The number of anilines is 1. The molecule has 1 saturated carbocycles. The van der Waals surface area contributed by atoms with E-state index in [1.807, 2.05) is 17.7 Å². The molecule has 23 heavy (non-hydrogen) atoms. The number of nitrogens with one attached hydrogen (secondary N) is 1. The fraction of sp³-hybridized carbons (Fsp3) is 0.412. The Labute approximate surface area is 140 Å². The highest BCUT2D eigenvalue weighted by Crippen LogP contribution is 2.31. The van der Waals surface area contributed by atoms with E-state index in [2.05, 4.69) is 10.4 Å². The van der Waals surface area contributed by atoms with Gasteiger partial charge in [-0.05, 0) is 44.0 Å². The Bertz CT molecular complexity index is 676. The number of nitrogens with zero attached hydrogens (tertiary/aromatic N) is 2. The number of ether oxygens (including phenoxy) is 1. The van der Waals surface area contributed by atoms with Crippen molar-refractivity contribution in [2.75, 3.05) is 11.9 Å². The minimum atomic E-state index is -0.195. The van der Waals surface area contributed by atoms with Crippen LogP contribution in [0, 0.1) is 6.92 Å². The van der Waals surface area contributed by atoms with E-state index in [9.17, 15) is 4.79 Å². The molecule has 6 heteroatoms. The lowest BCUT2D eigenvalue weighted by Gasteiger charge is -2.14. The molecule has 1 fully saturated rings. The van der Waals surface area contributed by atoms with E-state index in [0.29, 0.717) is 16.8 Å². The molecule has 2 aromatic rings. The maximum atomic E-state index is 12.1. The first-order valence-electron chi connectivity index (χ1n) is 7.86. The van der Waals surface area contributed by atoms with E-state index >= 15 is 0 Å². The van der Waals surface area contributed by atoms with Gasteiger partial charge in [-0.15, -0.1) is 0 Å². The molecule has 1 aromatic carbocycles. The molecular formula is C17H20ClN3O2. The Kier molecular flexibility index (Phi) is 4.86. The molecule has 1 N–H and O–H groups in total. The number of halogens is 1. The average Bonchev–Trinajstić information content (AvgIpc) is 3.16. The molecule has 122 valence electrons. The molecule has 1 amide bonds. The SMILES string of the molecule is Cc1cc(NC(=O)COc2ccc(Cl)cc2)n(C2CCCC2)n1. The second kappa shape index (κ2) is 7.04. The normalized spacial score (nSPS) is 14.9. The zero-order valence-corrected chi connectivity index (χ0v) is 13.8. The minimum Gasteiger partial charge on any atom is -0.484 e. The second-order valence-corrected chi connectivity index (χ2v) is 6.28. The third kappa shape index (κ3) is 4.05. The number of amides is 1. The molecule has 1 aromatic heterocycles. The molecule has 0 unspecified atom stereocenters. The van der Waals surface area contributed by atoms with Crippen LogP contribution < -0.4 is 10.1 Å². The quantitative estimate of drug-likeness (QED) is 0.900. The zero-order valence-electron chi connectivity index (χ0n) is 13.1. The van der Waals surface area contributed by atoms with Gasteiger partial charge < -0.3 is 10.1 Å². The van der Waals surface area contributed by atoms with Gasteiger partial charge in [0.05, 0.1) is 11.7 Å². The van der Waals surface area contributed by atoms with Crippen LogP contribution in [0.15, 0.2) is 30.3 Å². The molecule has 0 atom stereocenters. The molecule has 0 spiro atoms. The Morgan fingerprint density at radius 3 is 2.74 bits per heavy atom. The molecule has 1 heterocycles. The van der Waals surface area contributed by atoms with Crippen LogP contribution in [0.5, 0.6) is 5.75 Å². The van der Waals surface area contributed by atoms with Gasteiger partial charge in [-0.2, -0.15) is 5.10 Å². The second-order valence-electron chi connectivity index (χ2n) is 5.84. The van der Waals surface area contributed by atoms with Crippen molar-refractivity contribution >= 4 is 23.3 Å². The monoisotopic (exact) mass is 333 g/mol. The van der Waals surface area contributed by atoms with Crippen molar-refractivity contribution in [3.05, 3.63) is 41.0 Å². The lowest BCUT2D eigenvalue weighted by Crippen LogP contribution is -2.23. The first-order valence-corrected chi connectivity index (χ1v) is 8.24. The summed E-state index contributed by atoms with van der Waals surface area (Å²) in [5, 5.41) is 8.06. The Morgan fingerprint density at radius 2 is 2.04 bits per heavy atom. The molecule has 5 nitrogen and oxygen atoms in total. The van der Waals surface area contributed by atoms with Crippen molar-refractivity contribution in [2.24, 2.45) is 0 Å². The fourth-order valence-corrected chi connectivity index (χ4v) is 3.02. The third-order valence-electron chi connectivity index (χ3n) is 3.98. The van der Waals surface area contributed by atoms with E-state index < -0.39 is 0 Å². The van der Waals surface area contributed by atoms with Crippen LogP contribution >= 0.6 is 11.6 Å². The van der Waals surface area contributed by atoms with Crippen LogP contribution in [0.1, 0.15) is 37.4 Å². The lowest BCUT2D eigenvalue weighted by molar-refractivity contribution is -0.118. The number of benzene rings is 1. The summed E-state index contributed by atoms with van der Waals surface area (Å²) in [6.45, 7) is 1.89. The standard InChI is InChI=1S/C17H20ClN3O2/c1-12-10-16(21(20-12)14-4-2-3-5-14)19-17(22)11-23-15-8-6-13(18)7-9-15/h6-10,14H,2-5,11H2,1H3,(H,19,22). The van der Waals surface area contributed by atoms with Gasteiger partial charge in [0.25, 0.3) is 5.91 Å². The third-order valence-corrected chi connectivity index (χ3v) is 4.23. The Morgan fingerprint density at radius 1 is 1.35 bits per heavy atom. The first kappa shape index (κ1) is 15.9. The summed E-state index contributed by atoms with van der Waals surface area (Å²) >= 11 is 5.82. The number of hydrogen-bond donors (Lipinski definition) is 1. The number of hydrogen-bond acceptors (Lipinski definition) is 3. The molecule has 3 rings (SSSR count). The van der Waals surface area contributed by atoms with Crippen LogP contribution in [0.3, 0.4) is 0 Å². The molecule has 0 radical (unpaired) electrons. The summed E-state index contributed by atoms with van der Waals surface area (Å²) in [6.07, 6.45) is 4.67. The van der Waals surface area contributed by atoms with E-state index in [1.54, 1.807) is 24.3 Å². The van der Waals surface area contributed by atoms with Crippen LogP contribution in [0.2, 0.25) is 5.02 Å². The number of carbonyl (C=O) groups excluding carboxylic acids is 1. The highest BCUT2D eigenvalue weighted by Gasteiger charge is 2.21. The van der Waals surface area contributed by atoms with E-state index in [-0.39, 0.29) is 12.5 Å². The van der Waals surface area contributed by atoms with Gasteiger partial charge in [0.2, 0.25) is 0 Å². The molecule has 0 saturated heterocycles. The van der Waals surface area contributed by atoms with Gasteiger partial charge in [-0.1, -0.05) is 24.4 Å². The van der Waals surface area contributed by atoms with Crippen molar-refractivity contribution < 1.29 is 9.53 Å². The van der Waals surface area contributed by atoms with Gasteiger partial charge in [-0.25, -0.2) is 4.68 Å². The molecular weight excluding hydrogens is 314 g/mol. The van der Waals surface area contributed by atoms with Gasteiger partial charge in [0, 0.05) is 11.1 Å². The maximum Gasteiger partial charge on any atom is 0.263 e. The topological polar surface area (TPSA) is 56.1 Å². The van der Waals surface area contributed by atoms with Gasteiger partial charge in [-0.3, -0.25) is 4.79 Å². The number of carbonyl (C=O) groups is 1.